The Balaban J connectivity index is -0.000000282. The summed E-state index contributed by atoms with van der Waals surface area (Å²) in [6.07, 6.45) is -0.886. The van der Waals surface area contributed by atoms with Crippen LogP contribution < -0.4 is 0 Å². The fourth-order valence-corrected chi connectivity index (χ4v) is 0.770. The molecule has 9 nitrogen and oxygen atoms in total. The lowest BCUT2D eigenvalue weighted by Crippen LogP contribution is -2.09. The van der Waals surface area contributed by atoms with E-state index in [1.54, 1.807) is 13.8 Å². The van der Waals surface area contributed by atoms with Crippen LogP contribution in [-0.2, 0) is 38.2 Å². The van der Waals surface area contributed by atoms with Gasteiger partial charge in [-0.2, -0.15) is 0 Å². The third-order valence-electron chi connectivity index (χ3n) is 1.34. The van der Waals surface area contributed by atoms with E-state index in [0.29, 0.717) is 0 Å². The molecule has 0 amide bonds. The number of carbonyl (C=O) groups is 6. The van der Waals surface area contributed by atoms with E-state index in [4.69, 9.17) is 16.7 Å². The van der Waals surface area contributed by atoms with Crippen molar-refractivity contribution in [3.05, 3.63) is 0 Å². The summed E-state index contributed by atoms with van der Waals surface area (Å²) in [4.78, 5) is 59.2. The average Bonchev–Trinajstić information content (AvgIpc) is 2.38. The lowest BCUT2D eigenvalue weighted by Gasteiger charge is -1.95. The number of ether oxygens (including phenoxy) is 2. The molecule has 0 aromatic heterocycles. The van der Waals surface area contributed by atoms with Crippen molar-refractivity contribution in [1.29, 1.82) is 0 Å². The van der Waals surface area contributed by atoms with Crippen LogP contribution in [0.5, 0.6) is 0 Å². The molecule has 12 heteroatoms. The van der Waals surface area contributed by atoms with Crippen molar-refractivity contribution in [3.63, 3.8) is 0 Å². The van der Waals surface area contributed by atoms with E-state index in [0.717, 1.165) is 0 Å². The van der Waals surface area contributed by atoms with Crippen LogP contribution >= 0.6 is 34.8 Å². The first kappa shape index (κ1) is 27.2. The molecule has 0 unspecified atom stereocenters. The zero-order valence-corrected chi connectivity index (χ0v) is 14.9. The monoisotopic (exact) mass is 408 g/mol. The van der Waals surface area contributed by atoms with Crippen molar-refractivity contribution in [2.75, 3.05) is 13.2 Å². The van der Waals surface area contributed by atoms with E-state index in [-0.39, 0.29) is 19.6 Å². The largest absolute Gasteiger partial charge is 0.481 e. The zero-order chi connectivity index (χ0) is 19.7. The van der Waals surface area contributed by atoms with Gasteiger partial charge in [-0.1, -0.05) is 0 Å². The average molecular weight is 410 g/mol. The fraction of sp³-hybridized carbons (Fsp3) is 0.500. The van der Waals surface area contributed by atoms with Gasteiger partial charge in [0, 0.05) is 0 Å². The van der Waals surface area contributed by atoms with Gasteiger partial charge in [-0.05, 0) is 48.7 Å². The molecule has 0 aliphatic carbocycles. The number of aliphatic carboxylic acids is 1. The van der Waals surface area contributed by atoms with E-state index in [9.17, 15) is 28.8 Å². The molecule has 0 bridgehead atoms. The second kappa shape index (κ2) is 17.6. The number of carboxylic acids is 1. The molecule has 0 aliphatic heterocycles. The van der Waals surface area contributed by atoms with Crippen LogP contribution in [0, 0.1) is 0 Å². The summed E-state index contributed by atoms with van der Waals surface area (Å²) < 4.78 is 8.74. The maximum absolute atomic E-state index is 10.3. The number of rotatable bonds is 7. The highest BCUT2D eigenvalue weighted by atomic mass is 35.5. The van der Waals surface area contributed by atoms with Gasteiger partial charge in [0.15, 0.2) is 0 Å². The Morgan fingerprint density at radius 2 is 1.08 bits per heavy atom. The summed E-state index contributed by atoms with van der Waals surface area (Å²) in [5, 5.41) is 5.04. The minimum Gasteiger partial charge on any atom is -0.481 e. The molecule has 0 aromatic rings. The standard InChI is InChI=1S/C5H7ClO3.C5H8O4.C2Cl2O2/c2*1-2-9-5(8)3-4(6)7;3-1(5)2(4)6/h2-3H2,1H3;2-3H2,1H3,(H,6,7);. The summed E-state index contributed by atoms with van der Waals surface area (Å²) in [7, 11) is 0. The minimum atomic E-state index is -1.16. The van der Waals surface area contributed by atoms with Crippen LogP contribution in [0.3, 0.4) is 0 Å². The van der Waals surface area contributed by atoms with Crippen LogP contribution in [0.25, 0.3) is 0 Å². The van der Waals surface area contributed by atoms with Crippen LogP contribution in [0.4, 0.5) is 0 Å². The first-order valence-electron chi connectivity index (χ1n) is 6.08. The fourth-order valence-electron chi connectivity index (χ4n) is 0.661. The molecule has 0 spiro atoms. The molecule has 0 aromatic carbocycles. The van der Waals surface area contributed by atoms with Crippen LogP contribution in [0.2, 0.25) is 0 Å². The minimum absolute atomic E-state index is 0.228. The highest BCUT2D eigenvalue weighted by molar-refractivity contribution is 6.97. The predicted molar refractivity (Wildman–Crippen MR) is 82.7 cm³/mol. The Morgan fingerprint density at radius 1 is 0.750 bits per heavy atom. The number of halogens is 3. The maximum Gasteiger partial charge on any atom is 0.317 e. The van der Waals surface area contributed by atoms with Crippen molar-refractivity contribution in [1.82, 2.24) is 0 Å². The van der Waals surface area contributed by atoms with Crippen molar-refractivity contribution < 1.29 is 43.3 Å². The molecule has 0 radical (unpaired) electrons. The number of carboxylic acid groups (broad SMARTS) is 1. The smallest absolute Gasteiger partial charge is 0.317 e. The van der Waals surface area contributed by atoms with Gasteiger partial charge in [0.1, 0.15) is 12.8 Å². The van der Waals surface area contributed by atoms with Crippen molar-refractivity contribution in [3.8, 4) is 0 Å². The Bertz CT molecular complexity index is 421. The molecule has 138 valence electrons. The number of hydrogen-bond donors (Lipinski definition) is 1. The van der Waals surface area contributed by atoms with Gasteiger partial charge < -0.3 is 14.6 Å². The molecule has 0 aliphatic rings. The molecule has 0 saturated heterocycles. The summed E-state index contributed by atoms with van der Waals surface area (Å²) in [5.41, 5.74) is 0. The second-order valence-corrected chi connectivity index (χ2v) is 4.37. The first-order chi connectivity index (χ1) is 11.0. The van der Waals surface area contributed by atoms with Crippen molar-refractivity contribution >= 4 is 68.4 Å². The molecule has 1 N–H and O–H groups in total. The van der Waals surface area contributed by atoms with E-state index < -0.39 is 40.1 Å². The van der Waals surface area contributed by atoms with Crippen molar-refractivity contribution in [2.45, 2.75) is 26.7 Å². The Hall–Kier alpha value is -1.71. The summed E-state index contributed by atoms with van der Waals surface area (Å²) in [6, 6.07) is 0. The van der Waals surface area contributed by atoms with Gasteiger partial charge in [0.2, 0.25) is 5.24 Å². The molecular weight excluding hydrogens is 394 g/mol. The number of carbonyl (C=O) groups excluding carboxylic acids is 5. The van der Waals surface area contributed by atoms with Crippen molar-refractivity contribution in [2.24, 2.45) is 0 Å². The maximum atomic E-state index is 10.3. The molecular formula is C12H15Cl3O9. The first-order valence-corrected chi connectivity index (χ1v) is 7.21. The van der Waals surface area contributed by atoms with Crippen LogP contribution in [0.15, 0.2) is 0 Å². The highest BCUT2D eigenvalue weighted by Gasteiger charge is 2.06. The predicted octanol–water partition coefficient (Wildman–Crippen LogP) is 1.25. The van der Waals surface area contributed by atoms with Gasteiger partial charge in [0.25, 0.3) is 0 Å². The molecule has 0 fully saturated rings. The second-order valence-electron chi connectivity index (χ2n) is 3.26. The topological polar surface area (TPSA) is 141 Å². The van der Waals surface area contributed by atoms with Gasteiger partial charge >= 0.3 is 28.4 Å². The quantitative estimate of drug-likeness (QED) is 0.284. The molecule has 0 atom stereocenters. The third kappa shape index (κ3) is 28.5. The Kier molecular flexibility index (Phi) is 20.0. The molecule has 0 saturated carbocycles. The third-order valence-corrected chi connectivity index (χ3v) is 1.92. The Morgan fingerprint density at radius 3 is 1.29 bits per heavy atom. The number of esters is 2. The lowest BCUT2D eigenvalue weighted by atomic mass is 10.4. The van der Waals surface area contributed by atoms with E-state index in [1.807, 2.05) is 0 Å². The van der Waals surface area contributed by atoms with Crippen LogP contribution in [0.1, 0.15) is 26.7 Å². The Labute approximate surface area is 152 Å². The number of hydrogen-bond acceptors (Lipinski definition) is 8. The lowest BCUT2D eigenvalue weighted by molar-refractivity contribution is -0.151. The highest BCUT2D eigenvalue weighted by Crippen LogP contribution is 1.91. The van der Waals surface area contributed by atoms with Crippen LogP contribution in [-0.4, -0.2) is 52.0 Å². The van der Waals surface area contributed by atoms with E-state index >= 15 is 0 Å². The zero-order valence-electron chi connectivity index (χ0n) is 12.7. The molecule has 0 rings (SSSR count). The van der Waals surface area contributed by atoms with Gasteiger partial charge in [-0.15, -0.1) is 0 Å². The molecule has 24 heavy (non-hydrogen) atoms. The van der Waals surface area contributed by atoms with E-state index in [1.165, 1.54) is 0 Å². The van der Waals surface area contributed by atoms with Gasteiger partial charge in [0.05, 0.1) is 13.2 Å². The van der Waals surface area contributed by atoms with Gasteiger partial charge in [-0.3, -0.25) is 28.8 Å². The van der Waals surface area contributed by atoms with Gasteiger partial charge in [-0.25, -0.2) is 0 Å². The summed E-state index contributed by atoms with van der Waals surface area (Å²) in [5.74, 6) is -2.42. The SMILES string of the molecule is CCOC(=O)CC(=O)Cl.CCOC(=O)CC(=O)O.O=C(Cl)C(=O)Cl. The summed E-state index contributed by atoms with van der Waals surface area (Å²) in [6.45, 7) is 3.80. The summed E-state index contributed by atoms with van der Waals surface area (Å²) >= 11 is 13.9. The normalized spacial score (nSPS) is 8.38. The molecule has 0 heterocycles. The van der Waals surface area contributed by atoms with E-state index in [2.05, 4.69) is 32.7 Å².